The van der Waals surface area contributed by atoms with Crippen LogP contribution in [-0.2, 0) is 9.59 Å². The maximum Gasteiger partial charge on any atom is 0.269 e. The molecule has 0 spiro atoms. The van der Waals surface area contributed by atoms with Gasteiger partial charge in [0.1, 0.15) is 29.0 Å². The van der Waals surface area contributed by atoms with E-state index in [0.29, 0.717) is 17.1 Å². The molecule has 5 nitrogen and oxygen atoms in total. The zero-order chi connectivity index (χ0) is 17.3. The molecule has 118 valence electrons. The summed E-state index contributed by atoms with van der Waals surface area (Å²) in [7, 11) is 0. The topological polar surface area (TPSA) is 83.1 Å². The van der Waals surface area contributed by atoms with Gasteiger partial charge in [-0.05, 0) is 42.8 Å². The molecule has 2 amide bonds. The second kappa shape index (κ2) is 5.97. The molecular weight excluding hydrogens is 311 g/mol. The quantitative estimate of drug-likeness (QED) is 0.680. The predicted molar refractivity (Wildman–Crippen MR) is 83.5 cm³/mol. The van der Waals surface area contributed by atoms with E-state index in [-0.39, 0.29) is 16.7 Å². The highest BCUT2D eigenvalue weighted by molar-refractivity contribution is 6.19. The van der Waals surface area contributed by atoms with Crippen LogP contribution in [-0.4, -0.2) is 11.8 Å². The van der Waals surface area contributed by atoms with Crippen LogP contribution in [0.15, 0.2) is 57.5 Å². The van der Waals surface area contributed by atoms with E-state index in [9.17, 15) is 14.0 Å². The summed E-state index contributed by atoms with van der Waals surface area (Å²) in [6.45, 7) is 1.52. The molecule has 1 aromatic heterocycles. The number of rotatable bonds is 2. The molecule has 2 heterocycles. The number of imide groups is 1. The van der Waals surface area contributed by atoms with Crippen molar-refractivity contribution in [2.24, 2.45) is 0 Å². The van der Waals surface area contributed by atoms with Crippen LogP contribution in [0.5, 0.6) is 0 Å². The van der Waals surface area contributed by atoms with Gasteiger partial charge in [-0.15, -0.1) is 0 Å². The summed E-state index contributed by atoms with van der Waals surface area (Å²) in [5.41, 5.74) is 0.604. The first kappa shape index (κ1) is 15.4. The number of benzene rings is 1. The standard InChI is InChI=1S/C18H11FN2O3/c1-10-13(17(22)21-18(23)14(10)9-20)8-11-6-7-16(24-11)12-4-2-3-5-15(12)19/h2-8H,1H3,(H,21,22,23)/b13-8-. The van der Waals surface area contributed by atoms with Gasteiger partial charge in [-0.2, -0.15) is 5.26 Å². The first-order valence-electron chi connectivity index (χ1n) is 7.04. The summed E-state index contributed by atoms with van der Waals surface area (Å²) < 4.78 is 19.3. The maximum absolute atomic E-state index is 13.8. The number of nitriles is 1. The third-order valence-electron chi connectivity index (χ3n) is 3.64. The Morgan fingerprint density at radius 2 is 1.92 bits per heavy atom. The van der Waals surface area contributed by atoms with Crippen LogP contribution >= 0.6 is 0 Å². The van der Waals surface area contributed by atoms with Gasteiger partial charge in [0.2, 0.25) is 0 Å². The summed E-state index contributed by atoms with van der Waals surface area (Å²) >= 11 is 0. The van der Waals surface area contributed by atoms with Gasteiger partial charge in [-0.25, -0.2) is 4.39 Å². The van der Waals surface area contributed by atoms with Gasteiger partial charge in [-0.3, -0.25) is 14.9 Å². The SMILES string of the molecule is CC1=C(C#N)C(=O)NC(=O)/C1=C\c1ccc(-c2ccccc2F)o1. The zero-order valence-electron chi connectivity index (χ0n) is 12.6. The van der Waals surface area contributed by atoms with Crippen molar-refractivity contribution in [2.75, 3.05) is 0 Å². The average Bonchev–Trinajstić information content (AvgIpc) is 3.00. The number of carbonyl (C=O) groups is 2. The van der Waals surface area contributed by atoms with E-state index in [0.717, 1.165) is 0 Å². The maximum atomic E-state index is 13.8. The Morgan fingerprint density at radius 3 is 2.62 bits per heavy atom. The van der Waals surface area contributed by atoms with Gasteiger partial charge in [-0.1, -0.05) is 12.1 Å². The first-order valence-corrected chi connectivity index (χ1v) is 7.04. The third-order valence-corrected chi connectivity index (χ3v) is 3.64. The fourth-order valence-corrected chi connectivity index (χ4v) is 2.40. The summed E-state index contributed by atoms with van der Waals surface area (Å²) in [6.07, 6.45) is 1.42. The van der Waals surface area contributed by atoms with Crippen LogP contribution in [0.3, 0.4) is 0 Å². The molecular formula is C18H11FN2O3. The molecule has 24 heavy (non-hydrogen) atoms. The fraction of sp³-hybridized carbons (Fsp3) is 0.0556. The molecule has 1 aliphatic heterocycles. The molecule has 1 aliphatic rings. The van der Waals surface area contributed by atoms with Crippen molar-refractivity contribution in [1.82, 2.24) is 5.32 Å². The van der Waals surface area contributed by atoms with Gasteiger partial charge < -0.3 is 4.42 Å². The minimum absolute atomic E-state index is 0.123. The smallest absolute Gasteiger partial charge is 0.269 e. The van der Waals surface area contributed by atoms with Crippen molar-refractivity contribution in [3.63, 3.8) is 0 Å². The number of nitrogens with one attached hydrogen (secondary N) is 1. The lowest BCUT2D eigenvalue weighted by atomic mass is 9.96. The van der Waals surface area contributed by atoms with E-state index in [1.54, 1.807) is 36.4 Å². The van der Waals surface area contributed by atoms with Crippen LogP contribution in [0.2, 0.25) is 0 Å². The lowest BCUT2D eigenvalue weighted by Gasteiger charge is -2.15. The van der Waals surface area contributed by atoms with Crippen LogP contribution < -0.4 is 5.32 Å². The minimum Gasteiger partial charge on any atom is -0.457 e. The molecule has 0 fully saturated rings. The van der Waals surface area contributed by atoms with Crippen molar-refractivity contribution in [3.8, 4) is 17.4 Å². The van der Waals surface area contributed by atoms with Crippen LogP contribution in [0.4, 0.5) is 4.39 Å². The molecule has 0 unspecified atom stereocenters. The molecule has 1 N–H and O–H groups in total. The van der Waals surface area contributed by atoms with Crippen molar-refractivity contribution in [2.45, 2.75) is 6.92 Å². The molecule has 3 rings (SSSR count). The Kier molecular flexibility index (Phi) is 3.84. The summed E-state index contributed by atoms with van der Waals surface area (Å²) in [5.74, 6) is -1.13. The highest BCUT2D eigenvalue weighted by Crippen LogP contribution is 2.27. The van der Waals surface area contributed by atoms with Crippen LogP contribution in [0.25, 0.3) is 17.4 Å². The molecule has 2 aromatic rings. The van der Waals surface area contributed by atoms with Crippen LogP contribution in [0, 0.1) is 17.1 Å². The predicted octanol–water partition coefficient (Wildman–Crippen LogP) is 2.97. The molecule has 0 atom stereocenters. The number of carbonyl (C=O) groups excluding carboxylic acids is 2. The van der Waals surface area contributed by atoms with Crippen molar-refractivity contribution in [3.05, 3.63) is 64.7 Å². The molecule has 6 heteroatoms. The number of halogens is 1. The Labute approximate surface area is 136 Å². The summed E-state index contributed by atoms with van der Waals surface area (Å²) in [6, 6.07) is 11.1. The van der Waals surface area contributed by atoms with E-state index in [1.807, 2.05) is 0 Å². The largest absolute Gasteiger partial charge is 0.457 e. The molecule has 0 saturated heterocycles. The number of furan rings is 1. The van der Waals surface area contributed by atoms with Gasteiger partial charge in [0, 0.05) is 5.57 Å². The van der Waals surface area contributed by atoms with Crippen molar-refractivity contribution in [1.29, 1.82) is 5.26 Å². The van der Waals surface area contributed by atoms with E-state index in [2.05, 4.69) is 5.32 Å². The van der Waals surface area contributed by atoms with Crippen LogP contribution in [0.1, 0.15) is 12.7 Å². The lowest BCUT2D eigenvalue weighted by molar-refractivity contribution is -0.126. The molecule has 1 aromatic carbocycles. The summed E-state index contributed by atoms with van der Waals surface area (Å²) in [5, 5.41) is 11.1. The van der Waals surface area contributed by atoms with Crippen molar-refractivity contribution < 1.29 is 18.4 Å². The van der Waals surface area contributed by atoms with E-state index < -0.39 is 17.6 Å². The number of amides is 2. The summed E-state index contributed by atoms with van der Waals surface area (Å²) in [4.78, 5) is 23.5. The monoisotopic (exact) mass is 322 g/mol. The fourth-order valence-electron chi connectivity index (χ4n) is 2.40. The highest BCUT2D eigenvalue weighted by atomic mass is 19.1. The van der Waals surface area contributed by atoms with E-state index >= 15 is 0 Å². The van der Waals surface area contributed by atoms with Gasteiger partial charge in [0.15, 0.2) is 0 Å². The Morgan fingerprint density at radius 1 is 1.17 bits per heavy atom. The number of hydrogen-bond acceptors (Lipinski definition) is 4. The Bertz CT molecular complexity index is 961. The van der Waals surface area contributed by atoms with E-state index in [1.165, 1.54) is 19.1 Å². The Balaban J connectivity index is 2.03. The molecule has 0 radical (unpaired) electrons. The number of nitrogens with zero attached hydrogens (tertiary/aromatic N) is 1. The van der Waals surface area contributed by atoms with Gasteiger partial charge >= 0.3 is 0 Å². The zero-order valence-corrected chi connectivity index (χ0v) is 12.6. The third kappa shape index (κ3) is 2.63. The molecule has 0 aliphatic carbocycles. The Hall–Kier alpha value is -3.46. The highest BCUT2D eigenvalue weighted by Gasteiger charge is 2.27. The molecule has 0 saturated carbocycles. The van der Waals surface area contributed by atoms with Gasteiger partial charge in [0.25, 0.3) is 11.8 Å². The van der Waals surface area contributed by atoms with Gasteiger partial charge in [0.05, 0.1) is 5.56 Å². The van der Waals surface area contributed by atoms with E-state index in [4.69, 9.17) is 9.68 Å². The lowest BCUT2D eigenvalue weighted by Crippen LogP contribution is -2.37. The minimum atomic E-state index is -0.719. The number of hydrogen-bond donors (Lipinski definition) is 1. The molecule has 0 bridgehead atoms. The first-order chi connectivity index (χ1) is 11.5. The second-order valence-corrected chi connectivity index (χ2v) is 5.13. The van der Waals surface area contributed by atoms with Crippen molar-refractivity contribution >= 4 is 17.9 Å². The second-order valence-electron chi connectivity index (χ2n) is 5.13. The normalized spacial score (nSPS) is 16.3. The average molecular weight is 322 g/mol.